The molecule has 1 aromatic carbocycles. The van der Waals surface area contributed by atoms with E-state index in [4.69, 9.17) is 4.74 Å². The first-order valence-electron chi connectivity index (χ1n) is 6.44. The monoisotopic (exact) mass is 250 g/mol. The number of aryl methyl sites for hydroxylation is 2. The summed E-state index contributed by atoms with van der Waals surface area (Å²) in [6.07, 6.45) is 2.23. The summed E-state index contributed by atoms with van der Waals surface area (Å²) in [5.41, 5.74) is 2.97. The van der Waals surface area contributed by atoms with Crippen LogP contribution >= 0.6 is 0 Å². The van der Waals surface area contributed by atoms with Gasteiger partial charge in [-0.05, 0) is 36.0 Å². The lowest BCUT2D eigenvalue weighted by Crippen LogP contribution is -2.15. The summed E-state index contributed by atoms with van der Waals surface area (Å²) in [7, 11) is 1.41. The van der Waals surface area contributed by atoms with Crippen LogP contribution in [0.5, 0.6) is 5.75 Å². The van der Waals surface area contributed by atoms with E-state index in [2.05, 4.69) is 0 Å². The van der Waals surface area contributed by atoms with Crippen molar-refractivity contribution in [1.29, 1.82) is 0 Å². The summed E-state index contributed by atoms with van der Waals surface area (Å²) in [6, 6.07) is 3.96. The highest BCUT2D eigenvalue weighted by molar-refractivity contribution is 5.72. The van der Waals surface area contributed by atoms with Gasteiger partial charge in [-0.3, -0.25) is 4.79 Å². The average molecular weight is 250 g/mol. The molecule has 0 heterocycles. The van der Waals surface area contributed by atoms with Gasteiger partial charge in [0.2, 0.25) is 0 Å². The normalized spacial score (nSPS) is 12.2. The minimum atomic E-state index is -0.195. The fourth-order valence-electron chi connectivity index (χ4n) is 2.13. The van der Waals surface area contributed by atoms with Crippen LogP contribution in [0.1, 0.15) is 37.5 Å². The molecular formula is C15H22O3. The standard InChI is InChI=1S/C15H22O3/c1-5-12-8-11(7-10(3)15(17)18-4)9-13(6-2)14(12)16/h8-10,16H,5-7H2,1-4H3. The molecule has 0 saturated heterocycles. The highest BCUT2D eigenvalue weighted by Crippen LogP contribution is 2.27. The van der Waals surface area contributed by atoms with Gasteiger partial charge in [0.15, 0.2) is 0 Å². The number of phenolic OH excluding ortho intramolecular Hbond substituents is 1. The molecule has 0 aliphatic rings. The van der Waals surface area contributed by atoms with Gasteiger partial charge in [0, 0.05) is 0 Å². The Kier molecular flexibility index (Phi) is 5.20. The molecule has 0 bridgehead atoms. The molecule has 1 atom stereocenters. The number of carbonyl (C=O) groups is 1. The van der Waals surface area contributed by atoms with Crippen molar-refractivity contribution in [1.82, 2.24) is 0 Å². The van der Waals surface area contributed by atoms with Crippen molar-refractivity contribution in [3.8, 4) is 5.75 Å². The van der Waals surface area contributed by atoms with E-state index in [0.717, 1.165) is 29.5 Å². The molecule has 0 spiro atoms. The third-order valence-corrected chi connectivity index (χ3v) is 3.23. The zero-order chi connectivity index (χ0) is 13.7. The molecule has 18 heavy (non-hydrogen) atoms. The van der Waals surface area contributed by atoms with Crippen LogP contribution in [-0.4, -0.2) is 18.2 Å². The fraction of sp³-hybridized carbons (Fsp3) is 0.533. The first-order valence-corrected chi connectivity index (χ1v) is 6.44. The Morgan fingerprint density at radius 2 is 1.78 bits per heavy atom. The van der Waals surface area contributed by atoms with E-state index in [1.165, 1.54) is 7.11 Å². The number of rotatable bonds is 5. The molecule has 1 unspecified atom stereocenters. The maximum Gasteiger partial charge on any atom is 0.308 e. The van der Waals surface area contributed by atoms with Crippen LogP contribution in [0.3, 0.4) is 0 Å². The zero-order valence-corrected chi connectivity index (χ0v) is 11.6. The number of hydrogen-bond donors (Lipinski definition) is 1. The van der Waals surface area contributed by atoms with Gasteiger partial charge in [-0.15, -0.1) is 0 Å². The Morgan fingerprint density at radius 3 is 2.17 bits per heavy atom. The quantitative estimate of drug-likeness (QED) is 0.817. The van der Waals surface area contributed by atoms with E-state index in [-0.39, 0.29) is 11.9 Å². The topological polar surface area (TPSA) is 46.5 Å². The molecule has 1 aromatic rings. The summed E-state index contributed by atoms with van der Waals surface area (Å²) >= 11 is 0. The minimum Gasteiger partial charge on any atom is -0.507 e. The molecule has 1 N–H and O–H groups in total. The van der Waals surface area contributed by atoms with Gasteiger partial charge in [-0.2, -0.15) is 0 Å². The summed E-state index contributed by atoms with van der Waals surface area (Å²) in [4.78, 5) is 11.4. The molecule has 3 nitrogen and oxygen atoms in total. The molecule has 100 valence electrons. The number of carbonyl (C=O) groups excluding carboxylic acids is 1. The lowest BCUT2D eigenvalue weighted by Gasteiger charge is -2.13. The van der Waals surface area contributed by atoms with Gasteiger partial charge in [0.1, 0.15) is 5.75 Å². The van der Waals surface area contributed by atoms with E-state index in [0.29, 0.717) is 12.2 Å². The number of aromatic hydroxyl groups is 1. The highest BCUT2D eigenvalue weighted by atomic mass is 16.5. The van der Waals surface area contributed by atoms with Crippen molar-refractivity contribution in [3.63, 3.8) is 0 Å². The van der Waals surface area contributed by atoms with Gasteiger partial charge in [0.05, 0.1) is 13.0 Å². The minimum absolute atomic E-state index is 0.158. The van der Waals surface area contributed by atoms with Crippen LogP contribution in [0.15, 0.2) is 12.1 Å². The molecular weight excluding hydrogens is 228 g/mol. The van der Waals surface area contributed by atoms with Crippen LogP contribution in [0, 0.1) is 5.92 Å². The maximum absolute atomic E-state index is 11.4. The van der Waals surface area contributed by atoms with Crippen LogP contribution < -0.4 is 0 Å². The fourth-order valence-corrected chi connectivity index (χ4v) is 2.13. The number of ether oxygens (including phenoxy) is 1. The van der Waals surface area contributed by atoms with Crippen LogP contribution in [0.2, 0.25) is 0 Å². The highest BCUT2D eigenvalue weighted by Gasteiger charge is 2.15. The number of methoxy groups -OCH3 is 1. The lowest BCUT2D eigenvalue weighted by atomic mass is 9.95. The molecule has 3 heteroatoms. The first kappa shape index (κ1) is 14.6. The average Bonchev–Trinajstić information content (AvgIpc) is 2.39. The summed E-state index contributed by atoms with van der Waals surface area (Å²) < 4.78 is 4.73. The first-order chi connectivity index (χ1) is 8.53. The Labute approximate surface area is 109 Å². The number of phenols is 1. The van der Waals surface area contributed by atoms with E-state index in [9.17, 15) is 9.90 Å². The largest absolute Gasteiger partial charge is 0.507 e. The van der Waals surface area contributed by atoms with Crippen molar-refractivity contribution < 1.29 is 14.6 Å². The van der Waals surface area contributed by atoms with E-state index in [1.807, 2.05) is 32.9 Å². The van der Waals surface area contributed by atoms with Gasteiger partial charge >= 0.3 is 5.97 Å². The van der Waals surface area contributed by atoms with Crippen molar-refractivity contribution in [2.45, 2.75) is 40.0 Å². The molecule has 0 aliphatic heterocycles. The van der Waals surface area contributed by atoms with E-state index < -0.39 is 0 Å². The second kappa shape index (κ2) is 6.43. The summed E-state index contributed by atoms with van der Waals surface area (Å²) in [6.45, 7) is 5.89. The lowest BCUT2D eigenvalue weighted by molar-refractivity contribution is -0.144. The summed E-state index contributed by atoms with van der Waals surface area (Å²) in [5, 5.41) is 10.0. The molecule has 0 aromatic heterocycles. The number of hydrogen-bond acceptors (Lipinski definition) is 3. The SMILES string of the molecule is CCc1cc(CC(C)C(=O)OC)cc(CC)c1O. The smallest absolute Gasteiger partial charge is 0.308 e. The molecule has 0 radical (unpaired) electrons. The molecule has 0 fully saturated rings. The Morgan fingerprint density at radius 1 is 1.28 bits per heavy atom. The van der Waals surface area contributed by atoms with Gasteiger partial charge in [0.25, 0.3) is 0 Å². The van der Waals surface area contributed by atoms with Crippen LogP contribution in [0.25, 0.3) is 0 Å². The number of benzene rings is 1. The predicted octanol–water partition coefficient (Wildman–Crippen LogP) is 2.87. The van der Waals surface area contributed by atoms with Crippen molar-refractivity contribution >= 4 is 5.97 Å². The van der Waals surface area contributed by atoms with Crippen LogP contribution in [-0.2, 0) is 28.8 Å². The van der Waals surface area contributed by atoms with E-state index >= 15 is 0 Å². The Balaban J connectivity index is 2.99. The van der Waals surface area contributed by atoms with Gasteiger partial charge in [-0.25, -0.2) is 0 Å². The second-order valence-corrected chi connectivity index (χ2v) is 4.60. The van der Waals surface area contributed by atoms with Gasteiger partial charge in [-0.1, -0.05) is 32.9 Å². The second-order valence-electron chi connectivity index (χ2n) is 4.60. The molecule has 0 amide bonds. The van der Waals surface area contributed by atoms with E-state index in [1.54, 1.807) is 0 Å². The van der Waals surface area contributed by atoms with Crippen molar-refractivity contribution in [3.05, 3.63) is 28.8 Å². The molecule has 0 saturated carbocycles. The maximum atomic E-state index is 11.4. The van der Waals surface area contributed by atoms with Crippen LogP contribution in [0.4, 0.5) is 0 Å². The third kappa shape index (κ3) is 3.25. The Bertz CT molecular complexity index is 399. The number of esters is 1. The molecule has 0 aliphatic carbocycles. The zero-order valence-electron chi connectivity index (χ0n) is 11.6. The van der Waals surface area contributed by atoms with Crippen molar-refractivity contribution in [2.24, 2.45) is 5.92 Å². The molecule has 1 rings (SSSR count). The predicted molar refractivity (Wildman–Crippen MR) is 71.7 cm³/mol. The summed E-state index contributed by atoms with van der Waals surface area (Å²) in [5.74, 6) is 0.0441. The third-order valence-electron chi connectivity index (χ3n) is 3.23. The van der Waals surface area contributed by atoms with Gasteiger partial charge < -0.3 is 9.84 Å². The Hall–Kier alpha value is -1.51. The van der Waals surface area contributed by atoms with Crippen molar-refractivity contribution in [2.75, 3.05) is 7.11 Å².